The standard InChI is InChI=1S/C21H17FN2O5/c1-28-21(27)14-9-13(12-23-19(25)16-5-2-3-6-17(16)22)10-15(11-14)24-20(26)18-7-4-8-29-18/h2-11H,12H2,1H3,(H,23,25)(H,24,26). The van der Waals surface area contributed by atoms with Crippen LogP contribution in [0, 0.1) is 5.82 Å². The Hall–Kier alpha value is -3.94. The van der Waals surface area contributed by atoms with Crippen LogP contribution in [0.1, 0.15) is 36.8 Å². The lowest BCUT2D eigenvalue weighted by Gasteiger charge is -2.11. The first-order valence-corrected chi connectivity index (χ1v) is 8.58. The molecular weight excluding hydrogens is 379 g/mol. The lowest BCUT2D eigenvalue weighted by Crippen LogP contribution is -2.24. The third kappa shape index (κ3) is 4.86. The Balaban J connectivity index is 1.80. The highest BCUT2D eigenvalue weighted by molar-refractivity contribution is 6.03. The van der Waals surface area contributed by atoms with Gasteiger partial charge in [0.1, 0.15) is 5.82 Å². The van der Waals surface area contributed by atoms with E-state index in [2.05, 4.69) is 10.6 Å². The number of halogens is 1. The fourth-order valence-electron chi connectivity index (χ4n) is 2.63. The number of amides is 2. The number of furan rings is 1. The second-order valence-electron chi connectivity index (χ2n) is 6.00. The topological polar surface area (TPSA) is 97.6 Å². The third-order valence-electron chi connectivity index (χ3n) is 3.99. The van der Waals surface area contributed by atoms with Crippen molar-refractivity contribution in [2.45, 2.75) is 6.54 Å². The molecule has 0 fully saturated rings. The van der Waals surface area contributed by atoms with Crippen molar-refractivity contribution < 1.29 is 27.9 Å². The summed E-state index contributed by atoms with van der Waals surface area (Å²) in [4.78, 5) is 36.3. The van der Waals surface area contributed by atoms with Gasteiger partial charge < -0.3 is 19.8 Å². The van der Waals surface area contributed by atoms with E-state index in [1.165, 1.54) is 49.8 Å². The highest BCUT2D eigenvalue weighted by Crippen LogP contribution is 2.18. The van der Waals surface area contributed by atoms with Crippen molar-refractivity contribution in [2.75, 3.05) is 12.4 Å². The summed E-state index contributed by atoms with van der Waals surface area (Å²) < 4.78 is 23.5. The van der Waals surface area contributed by atoms with Crippen LogP contribution in [-0.4, -0.2) is 24.9 Å². The maximum atomic E-state index is 13.7. The molecule has 0 aliphatic rings. The third-order valence-corrected chi connectivity index (χ3v) is 3.99. The molecule has 0 unspecified atom stereocenters. The maximum Gasteiger partial charge on any atom is 0.337 e. The van der Waals surface area contributed by atoms with Gasteiger partial charge in [0, 0.05) is 12.2 Å². The SMILES string of the molecule is COC(=O)c1cc(CNC(=O)c2ccccc2F)cc(NC(=O)c2ccco2)c1. The lowest BCUT2D eigenvalue weighted by molar-refractivity contribution is 0.0600. The van der Waals surface area contributed by atoms with Crippen molar-refractivity contribution in [2.24, 2.45) is 0 Å². The number of esters is 1. The van der Waals surface area contributed by atoms with Crippen LogP contribution in [0.3, 0.4) is 0 Å². The van der Waals surface area contributed by atoms with Gasteiger partial charge in [0.2, 0.25) is 0 Å². The van der Waals surface area contributed by atoms with Gasteiger partial charge in [-0.1, -0.05) is 12.1 Å². The number of carbonyl (C=O) groups excluding carboxylic acids is 3. The van der Waals surface area contributed by atoms with E-state index in [0.29, 0.717) is 11.3 Å². The number of rotatable bonds is 6. The molecule has 7 nitrogen and oxygen atoms in total. The molecule has 0 radical (unpaired) electrons. The van der Waals surface area contributed by atoms with Crippen LogP contribution < -0.4 is 10.6 Å². The summed E-state index contributed by atoms with van der Waals surface area (Å²) in [5.74, 6) is -2.26. The van der Waals surface area contributed by atoms with Gasteiger partial charge in [-0.15, -0.1) is 0 Å². The fraction of sp³-hybridized carbons (Fsp3) is 0.0952. The molecule has 0 atom stereocenters. The molecule has 29 heavy (non-hydrogen) atoms. The number of benzene rings is 2. The van der Waals surface area contributed by atoms with Crippen molar-refractivity contribution in [1.29, 1.82) is 0 Å². The van der Waals surface area contributed by atoms with E-state index in [0.717, 1.165) is 0 Å². The molecule has 0 spiro atoms. The first-order valence-electron chi connectivity index (χ1n) is 8.58. The zero-order chi connectivity index (χ0) is 20.8. The van der Waals surface area contributed by atoms with Crippen molar-refractivity contribution in [3.8, 4) is 0 Å². The molecule has 0 aliphatic heterocycles. The van der Waals surface area contributed by atoms with E-state index in [-0.39, 0.29) is 23.4 Å². The molecule has 0 aliphatic carbocycles. The monoisotopic (exact) mass is 396 g/mol. The van der Waals surface area contributed by atoms with Crippen LogP contribution in [0.25, 0.3) is 0 Å². The van der Waals surface area contributed by atoms with Gasteiger partial charge in [-0.25, -0.2) is 9.18 Å². The van der Waals surface area contributed by atoms with Gasteiger partial charge in [-0.3, -0.25) is 9.59 Å². The minimum absolute atomic E-state index is 0.00161. The van der Waals surface area contributed by atoms with E-state index in [9.17, 15) is 18.8 Å². The Morgan fingerprint density at radius 2 is 1.83 bits per heavy atom. The van der Waals surface area contributed by atoms with Gasteiger partial charge >= 0.3 is 5.97 Å². The summed E-state index contributed by atoms with van der Waals surface area (Å²) in [6.07, 6.45) is 1.36. The lowest BCUT2D eigenvalue weighted by atomic mass is 10.1. The molecule has 0 bridgehead atoms. The summed E-state index contributed by atoms with van der Waals surface area (Å²) in [6.45, 7) is 0.00161. The predicted octanol–water partition coefficient (Wildman–Crippen LogP) is 3.39. The summed E-state index contributed by atoms with van der Waals surface area (Å²) in [7, 11) is 1.23. The quantitative estimate of drug-likeness (QED) is 0.623. The average molecular weight is 396 g/mol. The maximum absolute atomic E-state index is 13.7. The zero-order valence-electron chi connectivity index (χ0n) is 15.4. The number of hydrogen-bond donors (Lipinski definition) is 2. The number of ether oxygens (including phenoxy) is 1. The molecule has 1 heterocycles. The molecule has 2 amide bonds. The molecule has 2 N–H and O–H groups in total. The molecule has 0 saturated carbocycles. The van der Waals surface area contributed by atoms with E-state index < -0.39 is 23.6 Å². The number of hydrogen-bond acceptors (Lipinski definition) is 5. The Bertz CT molecular complexity index is 1050. The van der Waals surface area contributed by atoms with Crippen molar-refractivity contribution in [3.05, 3.63) is 89.1 Å². The second kappa shape index (κ2) is 8.83. The van der Waals surface area contributed by atoms with Gasteiger partial charge in [0.25, 0.3) is 11.8 Å². The zero-order valence-corrected chi connectivity index (χ0v) is 15.4. The van der Waals surface area contributed by atoms with Crippen LogP contribution in [0.15, 0.2) is 65.3 Å². The molecule has 3 aromatic rings. The van der Waals surface area contributed by atoms with Crippen molar-refractivity contribution in [3.63, 3.8) is 0 Å². The Morgan fingerprint density at radius 3 is 2.52 bits per heavy atom. The molecule has 8 heteroatoms. The summed E-state index contributed by atoms with van der Waals surface area (Å²) in [6, 6.07) is 13.2. The largest absolute Gasteiger partial charge is 0.465 e. The Labute approximate surface area is 165 Å². The molecule has 148 valence electrons. The first-order chi connectivity index (χ1) is 14.0. The summed E-state index contributed by atoms with van der Waals surface area (Å²) >= 11 is 0. The number of anilines is 1. The number of carbonyl (C=O) groups is 3. The highest BCUT2D eigenvalue weighted by Gasteiger charge is 2.15. The van der Waals surface area contributed by atoms with E-state index in [1.807, 2.05) is 0 Å². The highest BCUT2D eigenvalue weighted by atomic mass is 19.1. The first kappa shape index (κ1) is 19.8. The molecule has 2 aromatic carbocycles. The van der Waals surface area contributed by atoms with Crippen LogP contribution >= 0.6 is 0 Å². The Morgan fingerprint density at radius 1 is 1.03 bits per heavy atom. The normalized spacial score (nSPS) is 10.3. The fourth-order valence-corrected chi connectivity index (χ4v) is 2.63. The molecule has 3 rings (SSSR count). The molecule has 1 aromatic heterocycles. The summed E-state index contributed by atoms with van der Waals surface area (Å²) in [5.41, 5.74) is 0.902. The van der Waals surface area contributed by atoms with Gasteiger partial charge in [0.15, 0.2) is 5.76 Å². The van der Waals surface area contributed by atoms with Crippen molar-refractivity contribution in [1.82, 2.24) is 5.32 Å². The minimum atomic E-state index is -0.639. The van der Waals surface area contributed by atoms with Crippen LogP contribution in [0.5, 0.6) is 0 Å². The van der Waals surface area contributed by atoms with Crippen LogP contribution in [-0.2, 0) is 11.3 Å². The van der Waals surface area contributed by atoms with Crippen molar-refractivity contribution >= 4 is 23.5 Å². The smallest absolute Gasteiger partial charge is 0.337 e. The van der Waals surface area contributed by atoms with Gasteiger partial charge in [0.05, 0.1) is 24.5 Å². The van der Waals surface area contributed by atoms with E-state index in [1.54, 1.807) is 18.2 Å². The van der Waals surface area contributed by atoms with Crippen LogP contribution in [0.2, 0.25) is 0 Å². The predicted molar refractivity (Wildman–Crippen MR) is 102 cm³/mol. The van der Waals surface area contributed by atoms with Gasteiger partial charge in [-0.05, 0) is 48.0 Å². The second-order valence-corrected chi connectivity index (χ2v) is 6.00. The number of methoxy groups -OCH3 is 1. The minimum Gasteiger partial charge on any atom is -0.465 e. The van der Waals surface area contributed by atoms with E-state index in [4.69, 9.17) is 9.15 Å². The summed E-state index contributed by atoms with van der Waals surface area (Å²) in [5, 5.41) is 5.21. The molecular formula is C21H17FN2O5. The average Bonchev–Trinajstić information content (AvgIpc) is 3.26. The number of nitrogens with one attached hydrogen (secondary N) is 2. The molecule has 0 saturated heterocycles. The van der Waals surface area contributed by atoms with Crippen LogP contribution in [0.4, 0.5) is 10.1 Å². The van der Waals surface area contributed by atoms with Gasteiger partial charge in [-0.2, -0.15) is 0 Å². The van der Waals surface area contributed by atoms with E-state index >= 15 is 0 Å². The Kier molecular flexibility index (Phi) is 6.03.